The third kappa shape index (κ3) is 1.99. The number of nitrogens with zero attached hydrogens (tertiary/aromatic N) is 2. The number of aromatic nitrogens is 2. The standard InChI is InChI=1S/C16H14N2O/c1-18-16(19)14(12-8-4-2-5-9-12)15(17-18)13-10-6-3-7-11-13/h2-11,19H,1H3/p-1. The van der Waals surface area contributed by atoms with Gasteiger partial charge < -0.3 is 5.11 Å². The van der Waals surface area contributed by atoms with E-state index in [1.807, 2.05) is 60.7 Å². The third-order valence-corrected chi connectivity index (χ3v) is 3.10. The van der Waals surface area contributed by atoms with Crippen molar-refractivity contribution in [2.75, 3.05) is 0 Å². The highest BCUT2D eigenvalue weighted by Gasteiger charge is 2.13. The Morgan fingerprint density at radius 3 is 1.95 bits per heavy atom. The average molecular weight is 249 g/mol. The minimum atomic E-state index is -0.0648. The molecule has 3 aromatic rings. The highest BCUT2D eigenvalue weighted by atomic mass is 16.3. The van der Waals surface area contributed by atoms with Crippen LogP contribution in [-0.4, -0.2) is 9.78 Å². The molecule has 0 aliphatic rings. The molecule has 0 atom stereocenters. The average Bonchev–Trinajstić information content (AvgIpc) is 2.77. The van der Waals surface area contributed by atoms with Gasteiger partial charge in [-0.25, -0.2) is 0 Å². The largest absolute Gasteiger partial charge is 0.858 e. The second-order valence-electron chi connectivity index (χ2n) is 4.38. The molecule has 1 aromatic heterocycles. The normalized spacial score (nSPS) is 10.6. The minimum absolute atomic E-state index is 0.0648. The lowest BCUT2D eigenvalue weighted by Crippen LogP contribution is -2.00. The molecule has 94 valence electrons. The molecule has 0 bridgehead atoms. The Balaban J connectivity index is 2.25. The van der Waals surface area contributed by atoms with Gasteiger partial charge in [0.15, 0.2) is 0 Å². The van der Waals surface area contributed by atoms with E-state index < -0.39 is 0 Å². The first-order valence-corrected chi connectivity index (χ1v) is 6.12. The SMILES string of the molecule is Cn1nc(-c2ccccc2)c(-c2ccccc2)c1[O-]. The predicted molar refractivity (Wildman–Crippen MR) is 73.5 cm³/mol. The molecule has 0 aliphatic carbocycles. The van der Waals surface area contributed by atoms with Crippen molar-refractivity contribution < 1.29 is 5.11 Å². The van der Waals surface area contributed by atoms with E-state index in [1.165, 1.54) is 4.68 Å². The van der Waals surface area contributed by atoms with Crippen molar-refractivity contribution in [3.63, 3.8) is 0 Å². The second kappa shape index (κ2) is 4.61. The molecule has 3 nitrogen and oxygen atoms in total. The van der Waals surface area contributed by atoms with Crippen LogP contribution in [0.1, 0.15) is 0 Å². The van der Waals surface area contributed by atoms with Crippen LogP contribution in [0.15, 0.2) is 60.7 Å². The van der Waals surface area contributed by atoms with E-state index in [4.69, 9.17) is 0 Å². The molecule has 19 heavy (non-hydrogen) atoms. The molecule has 0 aliphatic heterocycles. The first-order valence-electron chi connectivity index (χ1n) is 6.12. The number of hydrogen-bond acceptors (Lipinski definition) is 2. The van der Waals surface area contributed by atoms with Crippen LogP contribution in [0, 0.1) is 0 Å². The van der Waals surface area contributed by atoms with E-state index in [0.29, 0.717) is 5.56 Å². The van der Waals surface area contributed by atoms with Gasteiger partial charge in [0.1, 0.15) is 0 Å². The van der Waals surface area contributed by atoms with Gasteiger partial charge >= 0.3 is 0 Å². The van der Waals surface area contributed by atoms with Gasteiger partial charge in [-0.3, -0.25) is 4.68 Å². The lowest BCUT2D eigenvalue weighted by molar-refractivity contribution is -0.278. The predicted octanol–water partition coefficient (Wildman–Crippen LogP) is 2.83. The van der Waals surface area contributed by atoms with Crippen molar-refractivity contribution >= 4 is 0 Å². The fraction of sp³-hybridized carbons (Fsp3) is 0.0625. The summed E-state index contributed by atoms with van der Waals surface area (Å²) in [7, 11) is 1.68. The van der Waals surface area contributed by atoms with Crippen LogP contribution >= 0.6 is 0 Å². The number of benzene rings is 2. The Morgan fingerprint density at radius 2 is 1.37 bits per heavy atom. The quantitative estimate of drug-likeness (QED) is 0.700. The molecule has 0 saturated heterocycles. The van der Waals surface area contributed by atoms with E-state index in [-0.39, 0.29) is 5.88 Å². The fourth-order valence-corrected chi connectivity index (χ4v) is 2.17. The molecule has 3 heteroatoms. The maximum absolute atomic E-state index is 12.3. The van der Waals surface area contributed by atoms with Crippen molar-refractivity contribution in [1.29, 1.82) is 0 Å². The summed E-state index contributed by atoms with van der Waals surface area (Å²) >= 11 is 0. The van der Waals surface area contributed by atoms with Crippen LogP contribution in [0.5, 0.6) is 5.88 Å². The summed E-state index contributed by atoms with van der Waals surface area (Å²) in [4.78, 5) is 0. The first kappa shape index (κ1) is 11.5. The molecule has 0 fully saturated rings. The van der Waals surface area contributed by atoms with E-state index in [9.17, 15) is 5.11 Å². The van der Waals surface area contributed by atoms with Crippen LogP contribution in [0.25, 0.3) is 22.4 Å². The van der Waals surface area contributed by atoms with Crippen molar-refractivity contribution in [1.82, 2.24) is 9.78 Å². The van der Waals surface area contributed by atoms with Gasteiger partial charge in [-0.1, -0.05) is 60.7 Å². The number of rotatable bonds is 2. The summed E-state index contributed by atoms with van der Waals surface area (Å²) in [6, 6.07) is 19.4. The lowest BCUT2D eigenvalue weighted by atomic mass is 10.0. The van der Waals surface area contributed by atoms with Crippen molar-refractivity contribution in [2.45, 2.75) is 0 Å². The smallest absolute Gasteiger partial charge is 0.0995 e. The Hall–Kier alpha value is -2.55. The zero-order valence-corrected chi connectivity index (χ0v) is 10.6. The molecule has 2 aromatic carbocycles. The van der Waals surface area contributed by atoms with Crippen molar-refractivity contribution in [2.24, 2.45) is 7.05 Å². The molecule has 0 unspecified atom stereocenters. The fourth-order valence-electron chi connectivity index (χ4n) is 2.17. The summed E-state index contributed by atoms with van der Waals surface area (Å²) in [5.74, 6) is -0.0648. The van der Waals surface area contributed by atoms with Crippen LogP contribution in [0.2, 0.25) is 0 Å². The lowest BCUT2D eigenvalue weighted by Gasteiger charge is -2.10. The highest BCUT2D eigenvalue weighted by molar-refractivity contribution is 5.84. The van der Waals surface area contributed by atoms with Crippen LogP contribution in [0.4, 0.5) is 0 Å². The molecule has 0 N–H and O–H groups in total. The molecule has 0 saturated carbocycles. The number of hydrogen-bond donors (Lipinski definition) is 0. The molecular weight excluding hydrogens is 236 g/mol. The zero-order chi connectivity index (χ0) is 13.2. The van der Waals surface area contributed by atoms with Crippen LogP contribution in [-0.2, 0) is 7.05 Å². The van der Waals surface area contributed by atoms with Crippen molar-refractivity contribution in [3.05, 3.63) is 60.7 Å². The van der Waals surface area contributed by atoms with Gasteiger partial charge in [-0.05, 0) is 11.4 Å². The molecule has 0 radical (unpaired) electrons. The van der Waals surface area contributed by atoms with Gasteiger partial charge in [0, 0.05) is 18.2 Å². The minimum Gasteiger partial charge on any atom is -0.858 e. The Labute approximate surface area is 111 Å². The van der Waals surface area contributed by atoms with E-state index in [1.54, 1.807) is 7.05 Å². The summed E-state index contributed by atoms with van der Waals surface area (Å²) < 4.78 is 1.39. The molecular formula is C16H13N2O-. The maximum atomic E-state index is 12.3. The third-order valence-electron chi connectivity index (χ3n) is 3.10. The van der Waals surface area contributed by atoms with E-state index in [2.05, 4.69) is 5.10 Å². The molecule has 3 rings (SSSR count). The summed E-state index contributed by atoms with van der Waals surface area (Å²) in [6.07, 6.45) is 0. The van der Waals surface area contributed by atoms with Gasteiger partial charge in [-0.2, -0.15) is 5.10 Å². The number of aryl methyl sites for hydroxylation is 1. The molecule has 0 spiro atoms. The highest BCUT2D eigenvalue weighted by Crippen LogP contribution is 2.36. The molecule has 1 heterocycles. The van der Waals surface area contributed by atoms with Gasteiger partial charge in [0.25, 0.3) is 0 Å². The van der Waals surface area contributed by atoms with Gasteiger partial charge in [-0.15, -0.1) is 0 Å². The van der Waals surface area contributed by atoms with Crippen LogP contribution < -0.4 is 5.11 Å². The van der Waals surface area contributed by atoms with Crippen molar-refractivity contribution in [3.8, 4) is 28.3 Å². The van der Waals surface area contributed by atoms with E-state index >= 15 is 0 Å². The summed E-state index contributed by atoms with van der Waals surface area (Å²) in [5.41, 5.74) is 3.26. The zero-order valence-electron chi connectivity index (χ0n) is 10.6. The summed E-state index contributed by atoms with van der Waals surface area (Å²) in [6.45, 7) is 0. The Bertz CT molecular complexity index is 688. The topological polar surface area (TPSA) is 40.9 Å². The molecule has 0 amide bonds. The Kier molecular flexibility index (Phi) is 2.80. The summed E-state index contributed by atoms with van der Waals surface area (Å²) in [5, 5.41) is 16.6. The van der Waals surface area contributed by atoms with Gasteiger partial charge in [0.2, 0.25) is 0 Å². The van der Waals surface area contributed by atoms with Crippen LogP contribution in [0.3, 0.4) is 0 Å². The monoisotopic (exact) mass is 249 g/mol. The van der Waals surface area contributed by atoms with E-state index in [0.717, 1.165) is 16.8 Å². The first-order chi connectivity index (χ1) is 9.27. The maximum Gasteiger partial charge on any atom is 0.0995 e. The second-order valence-corrected chi connectivity index (χ2v) is 4.38. The Morgan fingerprint density at radius 1 is 0.842 bits per heavy atom. The van der Waals surface area contributed by atoms with Gasteiger partial charge in [0.05, 0.1) is 5.69 Å².